The molecule has 5 nitrogen and oxygen atoms in total. The number of aromatic nitrogens is 2. The van der Waals surface area contributed by atoms with Gasteiger partial charge < -0.3 is 15.0 Å². The third kappa shape index (κ3) is 3.17. The van der Waals surface area contributed by atoms with E-state index in [9.17, 15) is 0 Å². The third-order valence-electron chi connectivity index (χ3n) is 3.66. The highest BCUT2D eigenvalue weighted by atomic mass is 16.5. The average molecular weight is 273 g/mol. The Bertz CT molecular complexity index is 541. The Morgan fingerprint density at radius 1 is 1.25 bits per heavy atom. The second-order valence-electron chi connectivity index (χ2n) is 5.27. The molecule has 1 aliphatic carbocycles. The quantitative estimate of drug-likeness (QED) is 0.927. The summed E-state index contributed by atoms with van der Waals surface area (Å²) in [6, 6.07) is 9.87. The molecule has 0 saturated heterocycles. The average Bonchev–Trinajstić information content (AvgIpc) is 2.95. The van der Waals surface area contributed by atoms with Crippen LogP contribution >= 0.6 is 0 Å². The second-order valence-corrected chi connectivity index (χ2v) is 5.27. The van der Waals surface area contributed by atoms with Gasteiger partial charge in [0.1, 0.15) is 5.75 Å². The highest BCUT2D eigenvalue weighted by Crippen LogP contribution is 2.31. The number of rotatable bonds is 4. The van der Waals surface area contributed by atoms with E-state index >= 15 is 0 Å². The predicted molar refractivity (Wildman–Crippen MR) is 74.3 cm³/mol. The molecule has 0 amide bonds. The van der Waals surface area contributed by atoms with E-state index in [1.165, 1.54) is 0 Å². The van der Waals surface area contributed by atoms with E-state index in [1.54, 1.807) is 0 Å². The van der Waals surface area contributed by atoms with E-state index < -0.39 is 0 Å². The first-order valence-electron chi connectivity index (χ1n) is 7.07. The highest BCUT2D eigenvalue weighted by molar-refractivity contribution is 5.20. The summed E-state index contributed by atoms with van der Waals surface area (Å²) in [7, 11) is 0. The molecule has 106 valence electrons. The van der Waals surface area contributed by atoms with Crippen molar-refractivity contribution in [3.05, 3.63) is 42.0 Å². The van der Waals surface area contributed by atoms with Gasteiger partial charge in [0.05, 0.1) is 0 Å². The van der Waals surface area contributed by atoms with Crippen molar-refractivity contribution in [2.75, 3.05) is 0 Å². The minimum atomic E-state index is 0.254. The molecule has 0 aliphatic heterocycles. The van der Waals surface area contributed by atoms with Crippen LogP contribution in [0.25, 0.3) is 0 Å². The van der Waals surface area contributed by atoms with Crippen molar-refractivity contribution in [1.29, 1.82) is 0 Å². The molecular weight excluding hydrogens is 254 g/mol. The number of ether oxygens (including phenoxy) is 1. The van der Waals surface area contributed by atoms with Gasteiger partial charge in [0, 0.05) is 12.0 Å². The fraction of sp³-hybridized carbons (Fsp3) is 0.467. The fourth-order valence-electron chi connectivity index (χ4n) is 2.61. The van der Waals surface area contributed by atoms with Crippen molar-refractivity contribution < 1.29 is 9.26 Å². The molecule has 2 aromatic rings. The number of hydrogen-bond donors (Lipinski definition) is 1. The molecular formula is C15H19N3O2. The summed E-state index contributed by atoms with van der Waals surface area (Å²) in [5.74, 6) is 2.39. The normalized spacial score (nSPS) is 22.6. The molecule has 0 radical (unpaired) electrons. The van der Waals surface area contributed by atoms with Crippen molar-refractivity contribution in [1.82, 2.24) is 10.1 Å². The zero-order valence-electron chi connectivity index (χ0n) is 11.4. The van der Waals surface area contributed by atoms with Crippen LogP contribution < -0.4 is 10.5 Å². The van der Waals surface area contributed by atoms with E-state index in [4.69, 9.17) is 15.0 Å². The Morgan fingerprint density at radius 2 is 2.10 bits per heavy atom. The maximum Gasteiger partial charge on any atom is 0.229 e. The zero-order chi connectivity index (χ0) is 13.8. The highest BCUT2D eigenvalue weighted by Gasteiger charge is 2.25. The number of hydrogen-bond acceptors (Lipinski definition) is 5. The van der Waals surface area contributed by atoms with E-state index in [0.717, 1.165) is 31.4 Å². The van der Waals surface area contributed by atoms with Crippen LogP contribution in [0.15, 0.2) is 34.9 Å². The van der Waals surface area contributed by atoms with Gasteiger partial charge >= 0.3 is 0 Å². The molecule has 20 heavy (non-hydrogen) atoms. The summed E-state index contributed by atoms with van der Waals surface area (Å²) >= 11 is 0. The Balaban J connectivity index is 1.59. The first-order valence-corrected chi connectivity index (χ1v) is 7.07. The standard InChI is InChI=1S/C15H19N3O2/c16-12-6-4-5-11(9-12)15-17-14(18-20-15)10-19-13-7-2-1-3-8-13/h1-3,7-8,11-12H,4-6,9-10,16H2. The molecule has 2 N–H and O–H groups in total. The molecule has 5 heteroatoms. The van der Waals surface area contributed by atoms with E-state index in [2.05, 4.69) is 10.1 Å². The Hall–Kier alpha value is -1.88. The van der Waals surface area contributed by atoms with Gasteiger partial charge in [0.2, 0.25) is 11.7 Å². The topological polar surface area (TPSA) is 74.2 Å². The summed E-state index contributed by atoms with van der Waals surface area (Å²) in [6.45, 7) is 0.326. The summed E-state index contributed by atoms with van der Waals surface area (Å²) in [5.41, 5.74) is 5.99. The van der Waals surface area contributed by atoms with Gasteiger partial charge in [0.25, 0.3) is 0 Å². The number of nitrogens with two attached hydrogens (primary N) is 1. The van der Waals surface area contributed by atoms with Crippen LogP contribution in [-0.4, -0.2) is 16.2 Å². The minimum Gasteiger partial charge on any atom is -0.485 e. The predicted octanol–water partition coefficient (Wildman–Crippen LogP) is 2.63. The number of nitrogens with zero attached hydrogens (tertiary/aromatic N) is 2. The van der Waals surface area contributed by atoms with Gasteiger partial charge in [-0.3, -0.25) is 0 Å². The Kier molecular flexibility index (Phi) is 3.97. The number of para-hydroxylation sites is 1. The van der Waals surface area contributed by atoms with Gasteiger partial charge in [-0.15, -0.1) is 0 Å². The maximum atomic E-state index is 5.99. The van der Waals surface area contributed by atoms with Crippen molar-refractivity contribution in [3.63, 3.8) is 0 Å². The molecule has 1 heterocycles. The van der Waals surface area contributed by atoms with E-state index in [0.29, 0.717) is 24.2 Å². The maximum absolute atomic E-state index is 5.99. The van der Waals surface area contributed by atoms with Crippen molar-refractivity contribution >= 4 is 0 Å². The third-order valence-corrected chi connectivity index (χ3v) is 3.66. The van der Waals surface area contributed by atoms with E-state index in [-0.39, 0.29) is 6.04 Å². The van der Waals surface area contributed by atoms with Gasteiger partial charge in [0.15, 0.2) is 6.61 Å². The molecule has 1 saturated carbocycles. The molecule has 3 rings (SSSR count). The monoisotopic (exact) mass is 273 g/mol. The number of benzene rings is 1. The smallest absolute Gasteiger partial charge is 0.229 e. The summed E-state index contributed by atoms with van der Waals surface area (Å²) in [6.07, 6.45) is 4.23. The lowest BCUT2D eigenvalue weighted by Gasteiger charge is -2.23. The van der Waals surface area contributed by atoms with Crippen molar-refractivity contribution in [3.8, 4) is 5.75 Å². The first-order chi connectivity index (χ1) is 9.81. The molecule has 2 unspecified atom stereocenters. The van der Waals surface area contributed by atoms with Crippen molar-refractivity contribution in [2.45, 2.75) is 44.2 Å². The Morgan fingerprint density at radius 3 is 2.90 bits per heavy atom. The van der Waals surface area contributed by atoms with Crippen molar-refractivity contribution in [2.24, 2.45) is 5.73 Å². The minimum absolute atomic E-state index is 0.254. The largest absolute Gasteiger partial charge is 0.485 e. The van der Waals surface area contributed by atoms with Crippen LogP contribution in [0.5, 0.6) is 5.75 Å². The molecule has 2 atom stereocenters. The molecule has 1 fully saturated rings. The summed E-state index contributed by atoms with van der Waals surface area (Å²) in [4.78, 5) is 4.43. The zero-order valence-corrected chi connectivity index (χ0v) is 11.4. The SMILES string of the molecule is NC1CCCC(c2nc(COc3ccccc3)no2)C1. The van der Waals surface area contributed by atoms with Crippen LogP contribution in [0.4, 0.5) is 0 Å². The molecule has 0 bridgehead atoms. The fourth-order valence-corrected chi connectivity index (χ4v) is 2.61. The molecule has 1 aromatic heterocycles. The van der Waals surface area contributed by atoms with Crippen LogP contribution in [0, 0.1) is 0 Å². The molecule has 1 aromatic carbocycles. The Labute approximate surface area is 118 Å². The molecule has 0 spiro atoms. The van der Waals surface area contributed by atoms with E-state index in [1.807, 2.05) is 30.3 Å². The second kappa shape index (κ2) is 6.05. The van der Waals surface area contributed by atoms with Crippen LogP contribution in [0.1, 0.15) is 43.3 Å². The van der Waals surface area contributed by atoms with Gasteiger partial charge in [-0.2, -0.15) is 4.98 Å². The first kappa shape index (κ1) is 13.1. The van der Waals surface area contributed by atoms with Crippen LogP contribution in [0.3, 0.4) is 0 Å². The lowest BCUT2D eigenvalue weighted by atomic mass is 9.86. The van der Waals surface area contributed by atoms with Crippen LogP contribution in [0.2, 0.25) is 0 Å². The van der Waals surface area contributed by atoms with Gasteiger partial charge in [-0.1, -0.05) is 29.8 Å². The summed E-state index contributed by atoms with van der Waals surface area (Å²) < 4.78 is 10.9. The van der Waals surface area contributed by atoms with Gasteiger partial charge in [-0.05, 0) is 31.4 Å². The van der Waals surface area contributed by atoms with Gasteiger partial charge in [-0.25, -0.2) is 0 Å². The lowest BCUT2D eigenvalue weighted by molar-refractivity contribution is 0.277. The lowest BCUT2D eigenvalue weighted by Crippen LogP contribution is -2.26. The van der Waals surface area contributed by atoms with Crippen LogP contribution in [-0.2, 0) is 6.61 Å². The summed E-state index contributed by atoms with van der Waals surface area (Å²) in [5, 5.41) is 3.98. The molecule has 1 aliphatic rings.